The van der Waals surface area contributed by atoms with Gasteiger partial charge in [0.15, 0.2) is 10.7 Å². The minimum atomic E-state index is -1.07. The van der Waals surface area contributed by atoms with E-state index in [1.807, 2.05) is 19.1 Å². The highest BCUT2D eigenvalue weighted by molar-refractivity contribution is 7.80. The summed E-state index contributed by atoms with van der Waals surface area (Å²) in [6, 6.07) is 0. The van der Waals surface area contributed by atoms with Crippen LogP contribution in [0.2, 0.25) is 0 Å². The number of thiocarbonyl (C=S) groups is 1. The zero-order chi connectivity index (χ0) is 18.3. The number of carbonyl (C=O) groups excluding carboxylic acids is 2. The monoisotopic (exact) mass is 365 g/mol. The second kappa shape index (κ2) is 9.10. The van der Waals surface area contributed by atoms with Gasteiger partial charge in [0.05, 0.1) is 6.10 Å². The molecule has 0 aromatic rings. The number of allylic oxidation sites excluding steroid dienone is 2. The molecule has 0 bridgehead atoms. The van der Waals surface area contributed by atoms with Gasteiger partial charge in [-0.05, 0) is 44.5 Å². The molecule has 2 amide bonds. The van der Waals surface area contributed by atoms with Crippen LogP contribution >= 0.6 is 12.2 Å². The molecule has 2 aliphatic carbocycles. The molecule has 2 unspecified atom stereocenters. The number of hydrogen-bond donors (Lipinski definition) is 3. The van der Waals surface area contributed by atoms with Crippen molar-refractivity contribution in [2.75, 3.05) is 0 Å². The fourth-order valence-electron chi connectivity index (χ4n) is 2.87. The van der Waals surface area contributed by atoms with Gasteiger partial charge in [-0.15, -0.1) is 0 Å². The summed E-state index contributed by atoms with van der Waals surface area (Å²) in [7, 11) is 0. The van der Waals surface area contributed by atoms with Gasteiger partial charge in [0.1, 0.15) is 0 Å². The minimum absolute atomic E-state index is 0.0337. The zero-order valence-corrected chi connectivity index (χ0v) is 15.7. The molecule has 2 atom stereocenters. The van der Waals surface area contributed by atoms with Crippen molar-refractivity contribution in [3.8, 4) is 0 Å². The molecule has 0 aromatic carbocycles. The first-order valence-electron chi connectivity index (χ1n) is 8.90. The normalized spacial score (nSPS) is 23.4. The smallest absolute Gasteiger partial charge is 0.274 e. The predicted octanol–water partition coefficient (Wildman–Crippen LogP) is 2.27. The van der Waals surface area contributed by atoms with E-state index in [1.54, 1.807) is 12.2 Å². The Labute approximate surface area is 154 Å². The highest BCUT2D eigenvalue weighted by Crippen LogP contribution is 2.26. The molecule has 6 nitrogen and oxygen atoms in total. The van der Waals surface area contributed by atoms with Crippen LogP contribution in [0.4, 0.5) is 0 Å². The van der Waals surface area contributed by atoms with Gasteiger partial charge < -0.3 is 10.1 Å². The molecule has 2 rings (SSSR count). The second-order valence-electron chi connectivity index (χ2n) is 6.62. The van der Waals surface area contributed by atoms with Crippen LogP contribution in [-0.2, 0) is 14.3 Å². The summed E-state index contributed by atoms with van der Waals surface area (Å²) in [5.74, 6) is -0.399. The molecule has 0 saturated heterocycles. The Morgan fingerprint density at radius 2 is 2.08 bits per heavy atom. The minimum Gasteiger partial charge on any atom is -0.358 e. The van der Waals surface area contributed by atoms with Crippen molar-refractivity contribution in [2.45, 2.75) is 64.1 Å². The number of ether oxygens (including phenoxy) is 1. The Kier molecular flexibility index (Phi) is 7.13. The Balaban J connectivity index is 1.88. The van der Waals surface area contributed by atoms with Gasteiger partial charge in [-0.1, -0.05) is 38.0 Å². The van der Waals surface area contributed by atoms with Gasteiger partial charge in [0, 0.05) is 12.3 Å². The van der Waals surface area contributed by atoms with Gasteiger partial charge >= 0.3 is 0 Å². The fraction of sp³-hybridized carbons (Fsp3) is 0.611. The number of nitrogens with one attached hydrogen (secondary N) is 3. The number of amides is 2. The summed E-state index contributed by atoms with van der Waals surface area (Å²) in [4.78, 5) is 24.6. The molecule has 0 spiro atoms. The Morgan fingerprint density at radius 3 is 2.64 bits per heavy atom. The first kappa shape index (κ1) is 19.6. The van der Waals surface area contributed by atoms with Crippen molar-refractivity contribution in [2.24, 2.45) is 5.92 Å². The second-order valence-corrected chi connectivity index (χ2v) is 7.03. The first-order valence-corrected chi connectivity index (χ1v) is 9.31. The average Bonchev–Trinajstić information content (AvgIpc) is 2.51. The van der Waals surface area contributed by atoms with Crippen molar-refractivity contribution < 1.29 is 14.3 Å². The van der Waals surface area contributed by atoms with E-state index in [9.17, 15) is 9.59 Å². The third-order valence-electron chi connectivity index (χ3n) is 4.53. The summed E-state index contributed by atoms with van der Waals surface area (Å²) >= 11 is 5.08. The van der Waals surface area contributed by atoms with Crippen LogP contribution in [0, 0.1) is 5.92 Å². The van der Waals surface area contributed by atoms with E-state index in [0.29, 0.717) is 6.42 Å². The maximum atomic E-state index is 12.7. The van der Waals surface area contributed by atoms with Gasteiger partial charge in [-0.3, -0.25) is 20.4 Å². The van der Waals surface area contributed by atoms with Crippen molar-refractivity contribution >= 4 is 29.1 Å². The Hall–Kier alpha value is -1.73. The van der Waals surface area contributed by atoms with E-state index in [2.05, 4.69) is 23.1 Å². The number of rotatable bonds is 6. The van der Waals surface area contributed by atoms with Gasteiger partial charge in [0.2, 0.25) is 5.91 Å². The molecule has 25 heavy (non-hydrogen) atoms. The van der Waals surface area contributed by atoms with Gasteiger partial charge in [0.25, 0.3) is 5.91 Å². The summed E-state index contributed by atoms with van der Waals surface area (Å²) in [5, 5.41) is 2.70. The Morgan fingerprint density at radius 1 is 1.32 bits per heavy atom. The van der Waals surface area contributed by atoms with E-state index >= 15 is 0 Å². The number of hydrazine groups is 1. The fourth-order valence-corrected chi connectivity index (χ4v) is 3.02. The lowest BCUT2D eigenvalue weighted by molar-refractivity contribution is -0.147. The number of hydrogen-bond acceptors (Lipinski definition) is 4. The maximum Gasteiger partial charge on any atom is 0.274 e. The van der Waals surface area contributed by atoms with E-state index in [-0.39, 0.29) is 28.9 Å². The Bertz CT molecular complexity index is 572. The molecule has 3 N–H and O–H groups in total. The summed E-state index contributed by atoms with van der Waals surface area (Å²) < 4.78 is 6.04. The highest BCUT2D eigenvalue weighted by atomic mass is 32.1. The molecule has 1 fully saturated rings. The molecule has 7 heteroatoms. The van der Waals surface area contributed by atoms with Crippen LogP contribution in [0.1, 0.15) is 52.4 Å². The molecule has 0 heterocycles. The van der Waals surface area contributed by atoms with Gasteiger partial charge in [-0.2, -0.15) is 0 Å². The van der Waals surface area contributed by atoms with E-state index in [0.717, 1.165) is 32.1 Å². The van der Waals surface area contributed by atoms with Crippen LogP contribution in [-0.4, -0.2) is 28.6 Å². The molecule has 0 radical (unpaired) electrons. The molecule has 2 aliphatic rings. The van der Waals surface area contributed by atoms with E-state index < -0.39 is 5.60 Å². The van der Waals surface area contributed by atoms with Crippen LogP contribution in [0.15, 0.2) is 24.3 Å². The predicted molar refractivity (Wildman–Crippen MR) is 100 cm³/mol. The zero-order valence-electron chi connectivity index (χ0n) is 14.8. The summed E-state index contributed by atoms with van der Waals surface area (Å²) in [6.45, 7) is 4.04. The van der Waals surface area contributed by atoms with Crippen LogP contribution in [0.5, 0.6) is 0 Å². The standard InChI is InChI=1S/C18H27N3O3S/c1-3-8-13(2)24-18(11-5-4-6-12-18)16(23)20-21-17(25)19-15(22)14-9-7-10-14/h4-6,11,13-14H,3,7-10,12H2,1-2H3,(H,20,23)(H2,19,21,22,25). The van der Waals surface area contributed by atoms with Crippen molar-refractivity contribution in [3.05, 3.63) is 24.3 Å². The first-order chi connectivity index (χ1) is 12.0. The molecular weight excluding hydrogens is 338 g/mol. The molecule has 1 saturated carbocycles. The van der Waals surface area contributed by atoms with Crippen molar-refractivity contribution in [1.82, 2.24) is 16.2 Å². The summed E-state index contributed by atoms with van der Waals surface area (Å²) in [6.07, 6.45) is 12.5. The molecule has 138 valence electrons. The topological polar surface area (TPSA) is 79.5 Å². The molecule has 0 aliphatic heterocycles. The summed E-state index contributed by atoms with van der Waals surface area (Å²) in [5.41, 5.74) is 4.11. The maximum absolute atomic E-state index is 12.7. The third-order valence-corrected chi connectivity index (χ3v) is 4.73. The van der Waals surface area contributed by atoms with Gasteiger partial charge in [-0.25, -0.2) is 0 Å². The van der Waals surface area contributed by atoms with Crippen molar-refractivity contribution in [1.29, 1.82) is 0 Å². The quantitative estimate of drug-likeness (QED) is 0.497. The number of carbonyl (C=O) groups is 2. The SMILES string of the molecule is CCCC(C)OC1(C(=O)NNC(=S)NC(=O)C2CCC2)C=CC=CC1. The molecule has 0 aromatic heterocycles. The van der Waals surface area contributed by atoms with Crippen LogP contribution < -0.4 is 16.2 Å². The van der Waals surface area contributed by atoms with Crippen molar-refractivity contribution in [3.63, 3.8) is 0 Å². The van der Waals surface area contributed by atoms with Crippen LogP contribution in [0.3, 0.4) is 0 Å². The van der Waals surface area contributed by atoms with Crippen LogP contribution in [0.25, 0.3) is 0 Å². The third kappa shape index (κ3) is 5.37. The largest absolute Gasteiger partial charge is 0.358 e. The highest BCUT2D eigenvalue weighted by Gasteiger charge is 2.38. The molecular formula is C18H27N3O3S. The van der Waals surface area contributed by atoms with E-state index in [1.165, 1.54) is 0 Å². The lowest BCUT2D eigenvalue weighted by Gasteiger charge is -2.33. The lowest BCUT2D eigenvalue weighted by atomic mass is 9.85. The lowest BCUT2D eigenvalue weighted by Crippen LogP contribution is -2.57. The van der Waals surface area contributed by atoms with E-state index in [4.69, 9.17) is 17.0 Å². The average molecular weight is 365 g/mol.